The van der Waals surface area contributed by atoms with Gasteiger partial charge in [0.25, 0.3) is 0 Å². The van der Waals surface area contributed by atoms with Crippen molar-refractivity contribution >= 4 is 11.6 Å². The van der Waals surface area contributed by atoms with Gasteiger partial charge in [0.2, 0.25) is 5.91 Å². The summed E-state index contributed by atoms with van der Waals surface area (Å²) in [6, 6.07) is 5.91. The van der Waals surface area contributed by atoms with Gasteiger partial charge in [-0.1, -0.05) is 12.1 Å². The van der Waals surface area contributed by atoms with Crippen LogP contribution in [0, 0.1) is 0 Å². The zero-order chi connectivity index (χ0) is 11.0. The molecule has 1 aliphatic heterocycles. The van der Waals surface area contributed by atoms with Crippen LogP contribution in [0.5, 0.6) is 0 Å². The van der Waals surface area contributed by atoms with Crippen LogP contribution >= 0.6 is 0 Å². The number of amides is 1. The van der Waals surface area contributed by atoms with Crippen LogP contribution in [0.4, 0.5) is 5.69 Å². The molecular weight excluding hydrogens is 202 g/mol. The molecule has 0 bridgehead atoms. The molecule has 1 aromatic heterocycles. The van der Waals surface area contributed by atoms with Gasteiger partial charge in [-0.15, -0.1) is 0 Å². The summed E-state index contributed by atoms with van der Waals surface area (Å²) < 4.78 is 0. The van der Waals surface area contributed by atoms with Crippen molar-refractivity contribution in [1.29, 1.82) is 0 Å². The van der Waals surface area contributed by atoms with E-state index in [9.17, 15) is 4.79 Å². The maximum Gasteiger partial charge on any atom is 0.228 e. The molecule has 1 aliphatic rings. The lowest BCUT2D eigenvalue weighted by Gasteiger charge is -2.03. The monoisotopic (exact) mass is 211 g/mol. The van der Waals surface area contributed by atoms with Crippen molar-refractivity contribution < 1.29 is 4.79 Å². The van der Waals surface area contributed by atoms with Crippen LogP contribution in [0.3, 0.4) is 0 Å². The molecule has 0 atom stereocenters. The number of rotatable bonds is 1. The van der Waals surface area contributed by atoms with Crippen LogP contribution in [0.2, 0.25) is 0 Å². The Labute approximate surface area is 92.4 Å². The van der Waals surface area contributed by atoms with Crippen molar-refractivity contribution in [2.45, 2.75) is 6.42 Å². The Balaban J connectivity index is 2.06. The van der Waals surface area contributed by atoms with Gasteiger partial charge in [0.15, 0.2) is 0 Å². The first-order chi connectivity index (χ1) is 7.83. The smallest absolute Gasteiger partial charge is 0.228 e. The molecule has 0 spiro atoms. The number of fused-ring (bicyclic) bond motifs is 1. The first-order valence-electron chi connectivity index (χ1n) is 5.01. The van der Waals surface area contributed by atoms with E-state index in [0.717, 1.165) is 22.4 Å². The van der Waals surface area contributed by atoms with Crippen LogP contribution in [0.25, 0.3) is 11.1 Å². The Kier molecular flexibility index (Phi) is 1.93. The normalized spacial score (nSPS) is 13.4. The summed E-state index contributed by atoms with van der Waals surface area (Å²) in [6.07, 6.45) is 5.48. The van der Waals surface area contributed by atoms with Crippen LogP contribution in [0.15, 0.2) is 36.9 Å². The highest BCUT2D eigenvalue weighted by molar-refractivity contribution is 5.99. The number of benzene rings is 1. The van der Waals surface area contributed by atoms with Gasteiger partial charge in [0, 0.05) is 23.6 Å². The molecule has 0 radical (unpaired) electrons. The molecule has 2 heterocycles. The summed E-state index contributed by atoms with van der Waals surface area (Å²) >= 11 is 0. The standard InChI is InChI=1S/C12H9N3O/c16-12-4-9-2-1-8(3-11(9)15-12)10-5-13-7-14-6-10/h1-3,5-7H,4H2,(H,15,16). The third-order valence-corrected chi connectivity index (χ3v) is 2.63. The summed E-state index contributed by atoms with van der Waals surface area (Å²) in [5, 5.41) is 2.83. The van der Waals surface area contributed by atoms with Crippen molar-refractivity contribution in [2.75, 3.05) is 5.32 Å². The highest BCUT2D eigenvalue weighted by Gasteiger charge is 2.17. The average Bonchev–Trinajstić information content (AvgIpc) is 2.69. The lowest BCUT2D eigenvalue weighted by Crippen LogP contribution is -2.03. The van der Waals surface area contributed by atoms with E-state index in [1.54, 1.807) is 12.4 Å². The van der Waals surface area contributed by atoms with Crippen molar-refractivity contribution in [2.24, 2.45) is 0 Å². The molecular formula is C12H9N3O. The summed E-state index contributed by atoms with van der Waals surface area (Å²) in [7, 11) is 0. The lowest BCUT2D eigenvalue weighted by atomic mass is 10.1. The van der Waals surface area contributed by atoms with Gasteiger partial charge in [0.1, 0.15) is 6.33 Å². The fourth-order valence-electron chi connectivity index (χ4n) is 1.84. The molecule has 0 fully saturated rings. The van der Waals surface area contributed by atoms with Crippen LogP contribution in [-0.4, -0.2) is 15.9 Å². The summed E-state index contributed by atoms with van der Waals surface area (Å²) in [5.74, 6) is 0.0523. The first kappa shape index (κ1) is 9.03. The molecule has 1 amide bonds. The molecule has 16 heavy (non-hydrogen) atoms. The number of nitrogens with zero attached hydrogens (tertiary/aromatic N) is 2. The number of carbonyl (C=O) groups excluding carboxylic acids is 1. The molecule has 4 heteroatoms. The maximum atomic E-state index is 11.2. The molecule has 4 nitrogen and oxygen atoms in total. The molecule has 0 unspecified atom stereocenters. The second-order valence-corrected chi connectivity index (χ2v) is 3.72. The SMILES string of the molecule is O=C1Cc2ccc(-c3cncnc3)cc2N1. The summed E-state index contributed by atoms with van der Waals surface area (Å²) in [6.45, 7) is 0. The third kappa shape index (κ3) is 1.44. The summed E-state index contributed by atoms with van der Waals surface area (Å²) in [5.41, 5.74) is 3.91. The fourth-order valence-corrected chi connectivity index (χ4v) is 1.84. The second-order valence-electron chi connectivity index (χ2n) is 3.72. The maximum absolute atomic E-state index is 11.2. The number of hydrogen-bond donors (Lipinski definition) is 1. The molecule has 1 aromatic carbocycles. The van der Waals surface area contributed by atoms with Gasteiger partial charge in [-0.2, -0.15) is 0 Å². The van der Waals surface area contributed by atoms with Crippen molar-refractivity contribution in [1.82, 2.24) is 9.97 Å². The quantitative estimate of drug-likeness (QED) is 0.780. The first-order valence-corrected chi connectivity index (χ1v) is 5.01. The minimum absolute atomic E-state index is 0.0523. The predicted molar refractivity (Wildman–Crippen MR) is 59.8 cm³/mol. The Morgan fingerprint density at radius 3 is 2.75 bits per heavy atom. The molecule has 78 valence electrons. The highest BCUT2D eigenvalue weighted by Crippen LogP contribution is 2.28. The van der Waals surface area contributed by atoms with Crippen molar-refractivity contribution in [3.63, 3.8) is 0 Å². The van der Waals surface area contributed by atoms with E-state index in [2.05, 4.69) is 15.3 Å². The number of carbonyl (C=O) groups is 1. The van der Waals surface area contributed by atoms with E-state index in [0.29, 0.717) is 6.42 Å². The molecule has 0 aliphatic carbocycles. The minimum Gasteiger partial charge on any atom is -0.326 e. The topological polar surface area (TPSA) is 54.9 Å². The van der Waals surface area contributed by atoms with Crippen LogP contribution < -0.4 is 5.32 Å². The van der Waals surface area contributed by atoms with Crippen LogP contribution in [0.1, 0.15) is 5.56 Å². The van der Waals surface area contributed by atoms with Gasteiger partial charge < -0.3 is 5.32 Å². The van der Waals surface area contributed by atoms with E-state index < -0.39 is 0 Å². The van der Waals surface area contributed by atoms with Crippen molar-refractivity contribution in [3.05, 3.63) is 42.5 Å². The second kappa shape index (κ2) is 3.41. The zero-order valence-electron chi connectivity index (χ0n) is 8.47. The van der Waals surface area contributed by atoms with E-state index in [1.165, 1.54) is 6.33 Å². The predicted octanol–water partition coefficient (Wildman–Crippen LogP) is 1.64. The molecule has 0 saturated heterocycles. The Bertz CT molecular complexity index is 551. The van der Waals surface area contributed by atoms with E-state index in [1.807, 2.05) is 18.2 Å². The number of aromatic nitrogens is 2. The number of hydrogen-bond acceptors (Lipinski definition) is 3. The largest absolute Gasteiger partial charge is 0.326 e. The van der Waals surface area contributed by atoms with E-state index in [-0.39, 0.29) is 5.91 Å². The lowest BCUT2D eigenvalue weighted by molar-refractivity contribution is -0.115. The molecule has 1 N–H and O–H groups in total. The van der Waals surface area contributed by atoms with Crippen molar-refractivity contribution in [3.8, 4) is 11.1 Å². The fraction of sp³-hybridized carbons (Fsp3) is 0.0833. The number of anilines is 1. The Morgan fingerprint density at radius 1 is 1.12 bits per heavy atom. The minimum atomic E-state index is 0.0523. The number of nitrogens with one attached hydrogen (secondary N) is 1. The average molecular weight is 211 g/mol. The van der Waals surface area contributed by atoms with Gasteiger partial charge in [0.05, 0.1) is 6.42 Å². The van der Waals surface area contributed by atoms with Gasteiger partial charge >= 0.3 is 0 Å². The van der Waals surface area contributed by atoms with Gasteiger partial charge in [-0.3, -0.25) is 4.79 Å². The van der Waals surface area contributed by atoms with E-state index >= 15 is 0 Å². The molecule has 2 aromatic rings. The van der Waals surface area contributed by atoms with Crippen LogP contribution in [-0.2, 0) is 11.2 Å². The molecule has 3 rings (SSSR count). The Hall–Kier alpha value is -2.23. The summed E-state index contributed by atoms with van der Waals surface area (Å²) in [4.78, 5) is 19.2. The Morgan fingerprint density at radius 2 is 1.94 bits per heavy atom. The highest BCUT2D eigenvalue weighted by atomic mass is 16.1. The van der Waals surface area contributed by atoms with E-state index in [4.69, 9.17) is 0 Å². The van der Waals surface area contributed by atoms with Gasteiger partial charge in [-0.05, 0) is 17.2 Å². The van der Waals surface area contributed by atoms with Gasteiger partial charge in [-0.25, -0.2) is 9.97 Å². The zero-order valence-corrected chi connectivity index (χ0v) is 8.47. The molecule has 0 saturated carbocycles. The third-order valence-electron chi connectivity index (χ3n) is 2.63.